The number of halogens is 1. The van der Waals surface area contributed by atoms with Crippen LogP contribution in [0, 0.1) is 0 Å². The molecule has 0 aromatic heterocycles. The van der Waals surface area contributed by atoms with Crippen LogP contribution in [-0.2, 0) is 11.3 Å². The normalized spacial score (nSPS) is 11.2. The van der Waals surface area contributed by atoms with Gasteiger partial charge in [-0.05, 0) is 5.56 Å². The van der Waals surface area contributed by atoms with Crippen LogP contribution in [0.2, 0.25) is 0 Å². The smallest absolute Gasteiger partial charge is 0.307 e. The van der Waals surface area contributed by atoms with Crippen LogP contribution >= 0.6 is 11.6 Å². The Morgan fingerprint density at radius 3 is 2.62 bits per heavy atom. The molecule has 1 rings (SSSR count). The maximum atomic E-state index is 10.4. The van der Waals surface area contributed by atoms with Crippen LogP contribution in [0.4, 0.5) is 0 Å². The van der Waals surface area contributed by atoms with E-state index in [4.69, 9.17) is 16.7 Å². The minimum absolute atomic E-state index is 0.0101. The van der Waals surface area contributed by atoms with Gasteiger partial charge < -0.3 is 10.4 Å². The molecule has 0 fully saturated rings. The van der Waals surface area contributed by atoms with Crippen LogP contribution in [0.1, 0.15) is 12.0 Å². The van der Waals surface area contributed by atoms with Gasteiger partial charge in [-0.1, -0.05) is 36.4 Å². The summed E-state index contributed by atoms with van der Waals surface area (Å²) >= 11 is 5.69. The van der Waals surface area contributed by atoms with Crippen molar-refractivity contribution in [3.8, 4) is 0 Å². The van der Waals surface area contributed by atoms with Gasteiger partial charge in [0.05, 0.1) is 12.3 Å². The molecule has 1 aromatic carbocycles. The number of allylic oxidation sites excluding steroid dienone is 1. The second-order valence-corrected chi connectivity index (χ2v) is 3.57. The van der Waals surface area contributed by atoms with Crippen LogP contribution < -0.4 is 5.32 Å². The van der Waals surface area contributed by atoms with Crippen molar-refractivity contribution in [1.82, 2.24) is 5.32 Å². The van der Waals surface area contributed by atoms with Crippen molar-refractivity contribution in [2.24, 2.45) is 0 Å². The van der Waals surface area contributed by atoms with Crippen molar-refractivity contribution in [1.29, 1.82) is 0 Å². The monoisotopic (exact) mass is 239 g/mol. The van der Waals surface area contributed by atoms with Gasteiger partial charge in [0.25, 0.3) is 0 Å². The molecule has 0 heterocycles. The molecule has 0 amide bonds. The highest BCUT2D eigenvalue weighted by Gasteiger charge is 1.98. The molecule has 0 aliphatic heterocycles. The molecule has 0 radical (unpaired) electrons. The van der Waals surface area contributed by atoms with Gasteiger partial charge in [-0.25, -0.2) is 0 Å². The lowest BCUT2D eigenvalue weighted by Crippen LogP contribution is -2.14. The molecule has 0 aliphatic carbocycles. The standard InChI is InChI=1S/C12H14ClNO2/c13-8-11(6-7-12(15)16)14-9-10-4-2-1-3-5-10/h1-6,14H,7-9H2,(H,15,16). The second-order valence-electron chi connectivity index (χ2n) is 3.30. The number of hydrogen-bond acceptors (Lipinski definition) is 2. The number of rotatable bonds is 6. The molecule has 0 saturated heterocycles. The summed E-state index contributed by atoms with van der Waals surface area (Å²) in [6.07, 6.45) is 1.59. The molecule has 86 valence electrons. The first-order valence-electron chi connectivity index (χ1n) is 4.97. The number of aliphatic carboxylic acids is 1. The molecular weight excluding hydrogens is 226 g/mol. The van der Waals surface area contributed by atoms with Crippen molar-refractivity contribution in [3.05, 3.63) is 47.7 Å². The predicted molar refractivity (Wildman–Crippen MR) is 64.3 cm³/mol. The van der Waals surface area contributed by atoms with E-state index in [2.05, 4.69) is 5.32 Å². The van der Waals surface area contributed by atoms with Crippen molar-refractivity contribution >= 4 is 17.6 Å². The van der Waals surface area contributed by atoms with E-state index >= 15 is 0 Å². The first-order valence-corrected chi connectivity index (χ1v) is 5.50. The fourth-order valence-electron chi connectivity index (χ4n) is 1.20. The molecule has 0 unspecified atom stereocenters. The first kappa shape index (κ1) is 12.6. The third kappa shape index (κ3) is 4.84. The minimum Gasteiger partial charge on any atom is -0.481 e. The first-order chi connectivity index (χ1) is 7.72. The minimum atomic E-state index is -0.857. The second kappa shape index (κ2) is 6.90. The van der Waals surface area contributed by atoms with Gasteiger partial charge in [0, 0.05) is 12.2 Å². The van der Waals surface area contributed by atoms with E-state index in [-0.39, 0.29) is 6.42 Å². The van der Waals surface area contributed by atoms with Crippen molar-refractivity contribution < 1.29 is 9.90 Å². The predicted octanol–water partition coefficient (Wildman–Crippen LogP) is 2.37. The molecule has 16 heavy (non-hydrogen) atoms. The molecule has 0 spiro atoms. The molecule has 0 bridgehead atoms. The van der Waals surface area contributed by atoms with Crippen molar-refractivity contribution in [2.75, 3.05) is 5.88 Å². The molecule has 2 N–H and O–H groups in total. The Morgan fingerprint density at radius 2 is 2.06 bits per heavy atom. The number of carbonyl (C=O) groups is 1. The molecule has 0 saturated carbocycles. The Bertz CT molecular complexity index is 363. The molecule has 0 atom stereocenters. The zero-order valence-electron chi connectivity index (χ0n) is 8.82. The molecule has 1 aromatic rings. The highest BCUT2D eigenvalue weighted by atomic mass is 35.5. The fraction of sp³-hybridized carbons (Fsp3) is 0.250. The summed E-state index contributed by atoms with van der Waals surface area (Å²) in [6, 6.07) is 9.86. The average molecular weight is 240 g/mol. The summed E-state index contributed by atoms with van der Waals surface area (Å²) in [6.45, 7) is 0.652. The van der Waals surface area contributed by atoms with Crippen LogP contribution in [-0.4, -0.2) is 17.0 Å². The summed E-state index contributed by atoms with van der Waals surface area (Å²) in [5, 5.41) is 11.6. The van der Waals surface area contributed by atoms with Crippen LogP contribution in [0.25, 0.3) is 0 Å². The van der Waals surface area contributed by atoms with Crippen LogP contribution in [0.3, 0.4) is 0 Å². The highest BCUT2D eigenvalue weighted by molar-refractivity contribution is 6.19. The van der Waals surface area contributed by atoms with Crippen LogP contribution in [0.15, 0.2) is 42.1 Å². The van der Waals surface area contributed by atoms with E-state index in [9.17, 15) is 4.79 Å². The zero-order valence-corrected chi connectivity index (χ0v) is 9.57. The SMILES string of the molecule is O=C(O)CC=C(CCl)NCc1ccccc1. The number of nitrogens with one attached hydrogen (secondary N) is 1. The highest BCUT2D eigenvalue weighted by Crippen LogP contribution is 2.01. The Morgan fingerprint density at radius 1 is 1.38 bits per heavy atom. The third-order valence-corrected chi connectivity index (χ3v) is 2.32. The van der Waals surface area contributed by atoms with Gasteiger partial charge in [0.2, 0.25) is 0 Å². The Labute approximate surface area is 99.7 Å². The molecular formula is C12H14ClNO2. The lowest BCUT2D eigenvalue weighted by molar-refractivity contribution is -0.136. The van der Waals surface area contributed by atoms with E-state index in [0.717, 1.165) is 11.3 Å². The summed E-state index contributed by atoms with van der Waals surface area (Å²) in [5.74, 6) is -0.566. The number of carboxylic acids is 1. The lowest BCUT2D eigenvalue weighted by Gasteiger charge is -2.07. The Kier molecular flexibility index (Phi) is 5.43. The van der Waals surface area contributed by atoms with E-state index in [1.807, 2.05) is 30.3 Å². The van der Waals surface area contributed by atoms with Gasteiger partial charge in [0.1, 0.15) is 0 Å². The van der Waals surface area contributed by atoms with Crippen LogP contribution in [0.5, 0.6) is 0 Å². The summed E-state index contributed by atoms with van der Waals surface area (Å²) < 4.78 is 0. The number of benzene rings is 1. The summed E-state index contributed by atoms with van der Waals surface area (Å²) in [5.41, 5.74) is 1.88. The van der Waals surface area contributed by atoms with Gasteiger partial charge in [-0.2, -0.15) is 0 Å². The third-order valence-electron chi connectivity index (χ3n) is 2.03. The Balaban J connectivity index is 2.46. The number of carboxylic acid groups (broad SMARTS) is 1. The largest absolute Gasteiger partial charge is 0.481 e. The van der Waals surface area contributed by atoms with E-state index in [1.165, 1.54) is 0 Å². The van der Waals surface area contributed by atoms with E-state index in [0.29, 0.717) is 12.4 Å². The van der Waals surface area contributed by atoms with E-state index in [1.54, 1.807) is 6.08 Å². The average Bonchev–Trinajstić information content (AvgIpc) is 2.30. The van der Waals surface area contributed by atoms with Crippen molar-refractivity contribution in [3.63, 3.8) is 0 Å². The molecule has 0 aliphatic rings. The van der Waals surface area contributed by atoms with Gasteiger partial charge in [-0.15, -0.1) is 11.6 Å². The lowest BCUT2D eigenvalue weighted by atomic mass is 10.2. The summed E-state index contributed by atoms with van der Waals surface area (Å²) in [7, 11) is 0. The zero-order chi connectivity index (χ0) is 11.8. The Hall–Kier alpha value is -1.48. The van der Waals surface area contributed by atoms with Gasteiger partial charge >= 0.3 is 5.97 Å². The maximum Gasteiger partial charge on any atom is 0.307 e. The molecule has 4 heteroatoms. The number of alkyl halides is 1. The van der Waals surface area contributed by atoms with Gasteiger partial charge in [0.15, 0.2) is 0 Å². The van der Waals surface area contributed by atoms with Gasteiger partial charge in [-0.3, -0.25) is 4.79 Å². The quantitative estimate of drug-likeness (QED) is 0.750. The molecule has 3 nitrogen and oxygen atoms in total. The summed E-state index contributed by atoms with van der Waals surface area (Å²) in [4.78, 5) is 10.4. The van der Waals surface area contributed by atoms with E-state index < -0.39 is 5.97 Å². The number of hydrogen-bond donors (Lipinski definition) is 2. The fourth-order valence-corrected chi connectivity index (χ4v) is 1.40. The maximum absolute atomic E-state index is 10.4. The van der Waals surface area contributed by atoms with Crippen molar-refractivity contribution in [2.45, 2.75) is 13.0 Å². The topological polar surface area (TPSA) is 49.3 Å².